The standard InChI is InChI=1S/C22H23F2N5O3/c1-30-15-9-16(31-2)19(24)17(18(15)23)14-8-12-10-25-22(26-13-4-7-32-11-13)28-20(12)21(27-14)29-5-3-6-29/h8-10,13H,3-7,11H2,1-2H3,(H,25,26,28). The van der Waals surface area contributed by atoms with Crippen molar-refractivity contribution >= 4 is 22.7 Å². The molecule has 0 aliphatic carbocycles. The third-order valence-corrected chi connectivity index (χ3v) is 5.80. The van der Waals surface area contributed by atoms with Crippen LogP contribution in [0.1, 0.15) is 12.8 Å². The zero-order chi connectivity index (χ0) is 22.2. The predicted molar refractivity (Wildman–Crippen MR) is 115 cm³/mol. The van der Waals surface area contributed by atoms with E-state index in [4.69, 9.17) is 14.2 Å². The van der Waals surface area contributed by atoms with Crippen LogP contribution in [0, 0.1) is 11.6 Å². The van der Waals surface area contributed by atoms with Gasteiger partial charge in [-0.2, -0.15) is 0 Å². The van der Waals surface area contributed by atoms with Gasteiger partial charge < -0.3 is 24.4 Å². The molecule has 32 heavy (non-hydrogen) atoms. The highest BCUT2D eigenvalue weighted by molar-refractivity contribution is 5.92. The minimum atomic E-state index is -0.840. The summed E-state index contributed by atoms with van der Waals surface area (Å²) in [6.45, 7) is 2.90. The van der Waals surface area contributed by atoms with E-state index in [9.17, 15) is 0 Å². The molecule has 0 amide bonds. The number of anilines is 2. The molecule has 2 fully saturated rings. The molecule has 0 spiro atoms. The number of nitrogens with zero attached hydrogens (tertiary/aromatic N) is 4. The highest BCUT2D eigenvalue weighted by Crippen LogP contribution is 2.39. The van der Waals surface area contributed by atoms with Crippen molar-refractivity contribution in [1.29, 1.82) is 0 Å². The normalized spacial score (nSPS) is 18.0. The van der Waals surface area contributed by atoms with Gasteiger partial charge in [0.2, 0.25) is 5.95 Å². The second-order valence-corrected chi connectivity index (χ2v) is 7.79. The molecule has 2 aromatic heterocycles. The molecule has 2 aliphatic rings. The molecule has 0 saturated carbocycles. The molecule has 2 aliphatic heterocycles. The summed E-state index contributed by atoms with van der Waals surface area (Å²) in [5.74, 6) is -0.886. The maximum Gasteiger partial charge on any atom is 0.223 e. The average molecular weight is 443 g/mol. The van der Waals surface area contributed by atoms with Gasteiger partial charge in [-0.1, -0.05) is 0 Å². The lowest BCUT2D eigenvalue weighted by Crippen LogP contribution is -2.38. The summed E-state index contributed by atoms with van der Waals surface area (Å²) in [4.78, 5) is 15.7. The molecule has 10 heteroatoms. The van der Waals surface area contributed by atoms with Crippen LogP contribution < -0.4 is 19.7 Å². The first-order chi connectivity index (χ1) is 15.6. The van der Waals surface area contributed by atoms with Gasteiger partial charge in [0, 0.05) is 37.3 Å². The first-order valence-corrected chi connectivity index (χ1v) is 10.5. The lowest BCUT2D eigenvalue weighted by molar-refractivity contribution is 0.195. The Hall–Kier alpha value is -3.27. The van der Waals surface area contributed by atoms with Crippen molar-refractivity contribution in [2.45, 2.75) is 18.9 Å². The highest BCUT2D eigenvalue weighted by atomic mass is 19.1. The molecule has 0 radical (unpaired) electrons. The van der Waals surface area contributed by atoms with Crippen LogP contribution in [-0.2, 0) is 4.74 Å². The molecule has 1 aromatic carbocycles. The summed E-state index contributed by atoms with van der Waals surface area (Å²) in [7, 11) is 2.63. The minimum Gasteiger partial charge on any atom is -0.494 e. The number of halogens is 2. The Bertz CT molecular complexity index is 1140. The number of fused-ring (bicyclic) bond motifs is 1. The van der Waals surface area contributed by atoms with Crippen LogP contribution in [0.15, 0.2) is 18.3 Å². The number of rotatable bonds is 6. The van der Waals surface area contributed by atoms with Crippen molar-refractivity contribution in [2.75, 3.05) is 50.7 Å². The van der Waals surface area contributed by atoms with Gasteiger partial charge >= 0.3 is 0 Å². The summed E-state index contributed by atoms with van der Waals surface area (Å²) < 4.78 is 45.8. The van der Waals surface area contributed by atoms with Crippen molar-refractivity contribution in [3.63, 3.8) is 0 Å². The van der Waals surface area contributed by atoms with Crippen LogP contribution in [0.3, 0.4) is 0 Å². The van der Waals surface area contributed by atoms with Gasteiger partial charge in [-0.3, -0.25) is 0 Å². The van der Waals surface area contributed by atoms with Gasteiger partial charge in [0.05, 0.1) is 38.1 Å². The molecule has 5 rings (SSSR count). The van der Waals surface area contributed by atoms with Crippen LogP contribution >= 0.6 is 0 Å². The van der Waals surface area contributed by atoms with Crippen molar-refractivity contribution in [1.82, 2.24) is 15.0 Å². The Morgan fingerprint density at radius 1 is 1.09 bits per heavy atom. The van der Waals surface area contributed by atoms with E-state index in [0.29, 0.717) is 35.9 Å². The quantitative estimate of drug-likeness (QED) is 0.621. The second kappa shape index (κ2) is 8.34. The monoisotopic (exact) mass is 443 g/mol. The summed E-state index contributed by atoms with van der Waals surface area (Å²) >= 11 is 0. The molecule has 0 bridgehead atoms. The van der Waals surface area contributed by atoms with E-state index < -0.39 is 11.6 Å². The Morgan fingerprint density at radius 3 is 2.44 bits per heavy atom. The largest absolute Gasteiger partial charge is 0.494 e. The number of pyridine rings is 1. The predicted octanol–water partition coefficient (Wildman–Crippen LogP) is 3.40. The summed E-state index contributed by atoms with van der Waals surface area (Å²) in [5.41, 5.74) is 0.441. The number of benzene rings is 1. The lowest BCUT2D eigenvalue weighted by Gasteiger charge is -2.33. The van der Waals surface area contributed by atoms with Crippen LogP contribution in [0.25, 0.3) is 22.2 Å². The fraction of sp³-hybridized carbons (Fsp3) is 0.409. The number of ether oxygens (including phenoxy) is 3. The van der Waals surface area contributed by atoms with E-state index in [1.807, 2.05) is 4.90 Å². The molecule has 1 atom stereocenters. The Balaban J connectivity index is 1.65. The molecule has 1 unspecified atom stereocenters. The zero-order valence-electron chi connectivity index (χ0n) is 17.8. The molecule has 4 heterocycles. The molecule has 168 valence electrons. The van der Waals surface area contributed by atoms with Crippen molar-refractivity contribution in [2.24, 2.45) is 0 Å². The van der Waals surface area contributed by atoms with Gasteiger partial charge in [-0.05, 0) is 18.9 Å². The number of hydrogen-bond acceptors (Lipinski definition) is 8. The fourth-order valence-electron chi connectivity index (χ4n) is 3.91. The van der Waals surface area contributed by atoms with Gasteiger partial charge in [0.15, 0.2) is 29.0 Å². The minimum absolute atomic E-state index is 0.125. The smallest absolute Gasteiger partial charge is 0.223 e. The SMILES string of the molecule is COc1cc(OC)c(F)c(-c2cc3cnc(NC4CCOC4)nc3c(N3CCC3)n2)c1F. The number of hydrogen-bond donors (Lipinski definition) is 1. The zero-order valence-corrected chi connectivity index (χ0v) is 17.8. The summed E-state index contributed by atoms with van der Waals surface area (Å²) in [6.07, 6.45) is 3.54. The van der Waals surface area contributed by atoms with E-state index in [1.165, 1.54) is 20.3 Å². The third kappa shape index (κ3) is 3.54. The van der Waals surface area contributed by atoms with Crippen molar-refractivity contribution < 1.29 is 23.0 Å². The van der Waals surface area contributed by atoms with E-state index in [2.05, 4.69) is 20.3 Å². The fourth-order valence-corrected chi connectivity index (χ4v) is 3.91. The lowest BCUT2D eigenvalue weighted by atomic mass is 10.1. The number of methoxy groups -OCH3 is 2. The van der Waals surface area contributed by atoms with Gasteiger partial charge in [0.1, 0.15) is 5.52 Å². The van der Waals surface area contributed by atoms with Crippen LogP contribution in [0.5, 0.6) is 11.5 Å². The topological polar surface area (TPSA) is 81.6 Å². The third-order valence-electron chi connectivity index (χ3n) is 5.80. The van der Waals surface area contributed by atoms with Crippen molar-refractivity contribution in [3.05, 3.63) is 30.0 Å². The first kappa shape index (κ1) is 20.6. The van der Waals surface area contributed by atoms with Gasteiger partial charge in [-0.25, -0.2) is 23.7 Å². The van der Waals surface area contributed by atoms with Crippen LogP contribution in [0.4, 0.5) is 20.5 Å². The van der Waals surface area contributed by atoms with Gasteiger partial charge in [0.25, 0.3) is 0 Å². The molecule has 1 N–H and O–H groups in total. The summed E-state index contributed by atoms with van der Waals surface area (Å²) in [5, 5.41) is 3.91. The van der Waals surface area contributed by atoms with Crippen LogP contribution in [0.2, 0.25) is 0 Å². The molecular weight excluding hydrogens is 420 g/mol. The van der Waals surface area contributed by atoms with E-state index in [0.717, 1.165) is 25.9 Å². The highest BCUT2D eigenvalue weighted by Gasteiger charge is 2.27. The Labute approximate surface area is 183 Å². The average Bonchev–Trinajstić information content (AvgIpc) is 3.26. The Kier molecular flexibility index (Phi) is 5.38. The molecular formula is C22H23F2N5O3. The van der Waals surface area contributed by atoms with Gasteiger partial charge in [-0.15, -0.1) is 0 Å². The second-order valence-electron chi connectivity index (χ2n) is 7.79. The van der Waals surface area contributed by atoms with Crippen LogP contribution in [-0.4, -0.2) is 61.5 Å². The van der Waals surface area contributed by atoms with E-state index in [-0.39, 0.29) is 28.8 Å². The maximum absolute atomic E-state index is 15.1. The first-order valence-electron chi connectivity index (χ1n) is 10.5. The van der Waals surface area contributed by atoms with Crippen molar-refractivity contribution in [3.8, 4) is 22.8 Å². The summed E-state index contributed by atoms with van der Waals surface area (Å²) in [6, 6.07) is 2.92. The maximum atomic E-state index is 15.1. The Morgan fingerprint density at radius 2 is 1.84 bits per heavy atom. The van der Waals surface area contributed by atoms with E-state index >= 15 is 8.78 Å². The molecule has 2 saturated heterocycles. The number of nitrogens with one attached hydrogen (secondary N) is 1. The number of aromatic nitrogens is 3. The molecule has 3 aromatic rings. The molecule has 8 nitrogen and oxygen atoms in total. The van der Waals surface area contributed by atoms with E-state index in [1.54, 1.807) is 12.3 Å².